The molecule has 110 valence electrons. The van der Waals surface area contributed by atoms with Crippen LogP contribution in [0.4, 0.5) is 26.3 Å². The lowest BCUT2D eigenvalue weighted by atomic mass is 10.1. The number of benzene rings is 1. The molecule has 2 rings (SSSR count). The van der Waals surface area contributed by atoms with Gasteiger partial charge in [-0.1, -0.05) is 0 Å². The molecule has 0 fully saturated rings. The van der Waals surface area contributed by atoms with Crippen LogP contribution in [-0.2, 0) is 0 Å². The molecule has 9 heteroatoms. The van der Waals surface area contributed by atoms with Crippen molar-refractivity contribution in [2.75, 3.05) is 0 Å². The third-order valence-corrected chi connectivity index (χ3v) is 2.61. The summed E-state index contributed by atoms with van der Waals surface area (Å²) in [5.74, 6) is -0.529. The Morgan fingerprint density at radius 2 is 1.75 bits per heavy atom. The number of H-pyrrole nitrogens is 1. The van der Waals surface area contributed by atoms with Gasteiger partial charge in [0.2, 0.25) is 0 Å². The number of halogens is 6. The minimum absolute atomic E-state index is 0.0708. The van der Waals surface area contributed by atoms with Crippen molar-refractivity contribution in [2.45, 2.75) is 18.6 Å². The standard InChI is InChI=1S/C11H8F6N2O/c12-10(13,14)9(18)7-4-19-8-3-5(1-2-6(7)8)20-11(15,16)17/h1-4,9,19H,18H2/t9-/m1/s1. The maximum Gasteiger partial charge on any atom is 0.573 e. The van der Waals surface area contributed by atoms with Crippen LogP contribution in [0, 0.1) is 0 Å². The van der Waals surface area contributed by atoms with Gasteiger partial charge in [-0.25, -0.2) is 0 Å². The lowest BCUT2D eigenvalue weighted by molar-refractivity contribution is -0.274. The van der Waals surface area contributed by atoms with Gasteiger partial charge in [0.25, 0.3) is 0 Å². The Hall–Kier alpha value is -1.90. The molecule has 0 amide bonds. The first-order valence-corrected chi connectivity index (χ1v) is 5.27. The minimum atomic E-state index is -4.87. The third kappa shape index (κ3) is 2.98. The summed E-state index contributed by atoms with van der Waals surface area (Å²) in [6.07, 6.45) is -8.50. The minimum Gasteiger partial charge on any atom is -0.406 e. The average Bonchev–Trinajstić information content (AvgIpc) is 2.67. The lowest BCUT2D eigenvalue weighted by Crippen LogP contribution is -2.28. The lowest BCUT2D eigenvalue weighted by Gasteiger charge is -2.14. The first kappa shape index (κ1) is 14.5. The topological polar surface area (TPSA) is 51.0 Å². The van der Waals surface area contributed by atoms with Gasteiger partial charge >= 0.3 is 12.5 Å². The Morgan fingerprint density at radius 1 is 1.10 bits per heavy atom. The summed E-state index contributed by atoms with van der Waals surface area (Å²) in [4.78, 5) is 2.44. The SMILES string of the molecule is N[C@H](c1c[nH]c2cc(OC(F)(F)F)ccc12)C(F)(F)F. The van der Waals surface area contributed by atoms with E-state index in [1.165, 1.54) is 0 Å². The number of alkyl halides is 6. The highest BCUT2D eigenvalue weighted by atomic mass is 19.4. The van der Waals surface area contributed by atoms with E-state index in [1.54, 1.807) is 0 Å². The molecule has 0 unspecified atom stereocenters. The number of aromatic amines is 1. The summed E-state index contributed by atoms with van der Waals surface area (Å²) in [5.41, 5.74) is 4.89. The first-order valence-electron chi connectivity index (χ1n) is 5.27. The number of nitrogens with one attached hydrogen (secondary N) is 1. The molecule has 0 aliphatic rings. The summed E-state index contributed by atoms with van der Waals surface area (Å²) < 4.78 is 77.4. The van der Waals surface area contributed by atoms with Gasteiger partial charge in [0.15, 0.2) is 0 Å². The third-order valence-electron chi connectivity index (χ3n) is 2.61. The Balaban J connectivity index is 2.39. The molecule has 20 heavy (non-hydrogen) atoms. The molecular weight excluding hydrogens is 290 g/mol. The fraction of sp³-hybridized carbons (Fsp3) is 0.273. The van der Waals surface area contributed by atoms with Gasteiger partial charge in [0.05, 0.1) is 0 Å². The molecular formula is C11H8F6N2O. The molecule has 1 aromatic heterocycles. The van der Waals surface area contributed by atoms with Gasteiger partial charge in [-0.15, -0.1) is 13.2 Å². The summed E-state index contributed by atoms with van der Waals surface area (Å²) in [5, 5.41) is 0.0874. The van der Waals surface area contributed by atoms with Crippen LogP contribution in [0.2, 0.25) is 0 Å². The van der Waals surface area contributed by atoms with Crippen LogP contribution in [0.1, 0.15) is 11.6 Å². The molecule has 1 heterocycles. The summed E-state index contributed by atoms with van der Waals surface area (Å²) in [7, 11) is 0. The van der Waals surface area contributed by atoms with Crippen LogP contribution in [0.15, 0.2) is 24.4 Å². The number of fused-ring (bicyclic) bond motifs is 1. The van der Waals surface area contributed by atoms with Crippen molar-refractivity contribution in [1.82, 2.24) is 4.98 Å². The quantitative estimate of drug-likeness (QED) is 0.832. The number of aromatic nitrogens is 1. The number of nitrogens with two attached hydrogens (primary N) is 1. The van der Waals surface area contributed by atoms with E-state index < -0.39 is 24.3 Å². The van der Waals surface area contributed by atoms with Gasteiger partial charge in [0, 0.05) is 28.7 Å². The monoisotopic (exact) mass is 298 g/mol. The fourth-order valence-corrected chi connectivity index (χ4v) is 1.76. The number of hydrogen-bond acceptors (Lipinski definition) is 2. The molecule has 0 spiro atoms. The van der Waals surface area contributed by atoms with E-state index in [4.69, 9.17) is 5.73 Å². The van der Waals surface area contributed by atoms with Crippen molar-refractivity contribution in [3.05, 3.63) is 30.0 Å². The zero-order chi connectivity index (χ0) is 15.1. The molecule has 0 saturated heterocycles. The number of hydrogen-bond donors (Lipinski definition) is 2. The Kier molecular flexibility index (Phi) is 3.32. The molecule has 0 radical (unpaired) electrons. The molecule has 0 aliphatic carbocycles. The molecule has 1 atom stereocenters. The second kappa shape index (κ2) is 4.58. The molecule has 2 aromatic rings. The van der Waals surface area contributed by atoms with E-state index in [2.05, 4.69) is 9.72 Å². The molecule has 0 aliphatic heterocycles. The smallest absolute Gasteiger partial charge is 0.406 e. The van der Waals surface area contributed by atoms with Crippen LogP contribution in [0.3, 0.4) is 0 Å². The van der Waals surface area contributed by atoms with E-state index in [9.17, 15) is 26.3 Å². The Labute approximate surface area is 108 Å². The average molecular weight is 298 g/mol. The van der Waals surface area contributed by atoms with E-state index in [0.29, 0.717) is 0 Å². The molecule has 1 aromatic carbocycles. The number of rotatable bonds is 2. The largest absolute Gasteiger partial charge is 0.573 e. The normalized spacial score (nSPS) is 14.6. The first-order chi connectivity index (χ1) is 9.08. The van der Waals surface area contributed by atoms with Crippen molar-refractivity contribution in [2.24, 2.45) is 5.73 Å². The Bertz CT molecular complexity index is 615. The van der Waals surface area contributed by atoms with E-state index in [0.717, 1.165) is 24.4 Å². The van der Waals surface area contributed by atoms with Crippen molar-refractivity contribution in [3.8, 4) is 5.75 Å². The zero-order valence-electron chi connectivity index (χ0n) is 9.64. The van der Waals surface area contributed by atoms with Gasteiger partial charge < -0.3 is 15.5 Å². The predicted octanol–water partition coefficient (Wildman–Crippen LogP) is 3.63. The van der Waals surface area contributed by atoms with Crippen LogP contribution >= 0.6 is 0 Å². The van der Waals surface area contributed by atoms with E-state index >= 15 is 0 Å². The summed E-state index contributed by atoms with van der Waals surface area (Å²) in [6.45, 7) is 0. The maximum atomic E-state index is 12.5. The fourth-order valence-electron chi connectivity index (χ4n) is 1.76. The van der Waals surface area contributed by atoms with E-state index in [-0.39, 0.29) is 16.5 Å². The highest BCUT2D eigenvalue weighted by Crippen LogP contribution is 2.35. The highest BCUT2D eigenvalue weighted by Gasteiger charge is 2.39. The molecule has 0 saturated carbocycles. The second-order valence-electron chi connectivity index (χ2n) is 4.02. The van der Waals surface area contributed by atoms with Crippen molar-refractivity contribution in [3.63, 3.8) is 0 Å². The van der Waals surface area contributed by atoms with E-state index in [1.807, 2.05) is 0 Å². The highest BCUT2D eigenvalue weighted by molar-refractivity contribution is 5.85. The van der Waals surface area contributed by atoms with Gasteiger partial charge in [-0.05, 0) is 12.1 Å². The van der Waals surface area contributed by atoms with Crippen molar-refractivity contribution < 1.29 is 31.1 Å². The van der Waals surface area contributed by atoms with Gasteiger partial charge in [-0.2, -0.15) is 13.2 Å². The van der Waals surface area contributed by atoms with Crippen LogP contribution in [0.25, 0.3) is 10.9 Å². The van der Waals surface area contributed by atoms with Crippen LogP contribution in [0.5, 0.6) is 5.75 Å². The molecule has 3 nitrogen and oxygen atoms in total. The number of ether oxygens (including phenoxy) is 1. The van der Waals surface area contributed by atoms with Crippen LogP contribution < -0.4 is 10.5 Å². The van der Waals surface area contributed by atoms with Crippen molar-refractivity contribution >= 4 is 10.9 Å². The molecule has 0 bridgehead atoms. The zero-order valence-corrected chi connectivity index (χ0v) is 9.64. The van der Waals surface area contributed by atoms with Crippen molar-refractivity contribution in [1.29, 1.82) is 0 Å². The van der Waals surface area contributed by atoms with Crippen LogP contribution in [-0.4, -0.2) is 17.5 Å². The molecule has 3 N–H and O–H groups in total. The summed E-state index contributed by atoms with van der Waals surface area (Å²) in [6, 6.07) is 0.755. The second-order valence-corrected chi connectivity index (χ2v) is 4.02. The maximum absolute atomic E-state index is 12.5. The van der Waals surface area contributed by atoms with Gasteiger partial charge in [-0.3, -0.25) is 0 Å². The Morgan fingerprint density at radius 3 is 2.30 bits per heavy atom. The predicted molar refractivity (Wildman–Crippen MR) is 58.0 cm³/mol. The van der Waals surface area contributed by atoms with Gasteiger partial charge in [0.1, 0.15) is 11.8 Å². The summed E-state index contributed by atoms with van der Waals surface area (Å²) >= 11 is 0.